The lowest BCUT2D eigenvalue weighted by molar-refractivity contribution is -0.152. The Kier molecular flexibility index (Phi) is 5.88. The van der Waals surface area contributed by atoms with Gasteiger partial charge < -0.3 is 9.64 Å². The van der Waals surface area contributed by atoms with Crippen molar-refractivity contribution in [2.45, 2.75) is 90.4 Å². The first kappa shape index (κ1) is 15.8. The zero-order valence-electron chi connectivity index (χ0n) is 13.4. The summed E-state index contributed by atoms with van der Waals surface area (Å²) in [6.45, 7) is 7.46. The summed E-state index contributed by atoms with van der Waals surface area (Å²) in [4.78, 5) is 15.0. The molecule has 0 bridgehead atoms. The highest BCUT2D eigenvalue weighted by Gasteiger charge is 2.34. The van der Waals surface area contributed by atoms with Crippen LogP contribution in [-0.4, -0.2) is 35.6 Å². The summed E-state index contributed by atoms with van der Waals surface area (Å²) < 4.78 is 6.11. The highest BCUT2D eigenvalue weighted by Crippen LogP contribution is 2.27. The standard InChI is InChI=1S/C17H31NO2/c1-4-16(20-14-9-5-6-10-14)17(19)18-12-8-7-11-15(18)13(2)3/h13-16H,4-12H2,1-3H3. The molecular formula is C17H31NO2. The molecule has 2 atom stereocenters. The summed E-state index contributed by atoms with van der Waals surface area (Å²) in [6.07, 6.45) is 9.26. The number of likely N-dealkylation sites (tertiary alicyclic amines) is 1. The van der Waals surface area contributed by atoms with E-state index in [1.54, 1.807) is 0 Å². The quantitative estimate of drug-likeness (QED) is 0.768. The van der Waals surface area contributed by atoms with Crippen molar-refractivity contribution in [1.82, 2.24) is 4.90 Å². The fourth-order valence-corrected chi connectivity index (χ4v) is 3.69. The maximum atomic E-state index is 12.8. The number of hydrogen-bond donors (Lipinski definition) is 0. The van der Waals surface area contributed by atoms with Crippen LogP contribution in [0, 0.1) is 5.92 Å². The van der Waals surface area contributed by atoms with Gasteiger partial charge >= 0.3 is 0 Å². The molecule has 1 saturated carbocycles. The van der Waals surface area contributed by atoms with Crippen molar-refractivity contribution >= 4 is 5.91 Å². The van der Waals surface area contributed by atoms with Gasteiger partial charge in [-0.25, -0.2) is 0 Å². The van der Waals surface area contributed by atoms with E-state index in [-0.39, 0.29) is 12.0 Å². The molecule has 1 aliphatic heterocycles. The van der Waals surface area contributed by atoms with Gasteiger partial charge in [-0.3, -0.25) is 4.79 Å². The molecule has 1 saturated heterocycles. The smallest absolute Gasteiger partial charge is 0.251 e. The highest BCUT2D eigenvalue weighted by atomic mass is 16.5. The van der Waals surface area contributed by atoms with E-state index in [1.807, 2.05) is 0 Å². The van der Waals surface area contributed by atoms with Crippen LogP contribution in [0.25, 0.3) is 0 Å². The van der Waals surface area contributed by atoms with E-state index in [2.05, 4.69) is 25.7 Å². The third-order valence-electron chi connectivity index (χ3n) is 4.91. The van der Waals surface area contributed by atoms with Crippen molar-refractivity contribution < 1.29 is 9.53 Å². The minimum atomic E-state index is -0.211. The van der Waals surface area contributed by atoms with Crippen LogP contribution >= 0.6 is 0 Å². The first-order chi connectivity index (χ1) is 9.63. The number of rotatable bonds is 5. The summed E-state index contributed by atoms with van der Waals surface area (Å²) in [6, 6.07) is 0.414. The minimum absolute atomic E-state index is 0.211. The molecule has 3 heteroatoms. The van der Waals surface area contributed by atoms with Crippen LogP contribution in [0.5, 0.6) is 0 Å². The van der Waals surface area contributed by atoms with Gasteiger partial charge in [0.05, 0.1) is 6.10 Å². The maximum absolute atomic E-state index is 12.8. The molecule has 0 N–H and O–H groups in total. The van der Waals surface area contributed by atoms with E-state index in [9.17, 15) is 4.79 Å². The van der Waals surface area contributed by atoms with E-state index in [4.69, 9.17) is 4.74 Å². The van der Waals surface area contributed by atoms with Gasteiger partial charge in [-0.1, -0.05) is 33.6 Å². The lowest BCUT2D eigenvalue weighted by Gasteiger charge is -2.40. The molecule has 0 aromatic carbocycles. The molecule has 2 unspecified atom stereocenters. The molecule has 20 heavy (non-hydrogen) atoms. The predicted molar refractivity (Wildman–Crippen MR) is 81.6 cm³/mol. The lowest BCUT2D eigenvalue weighted by atomic mass is 9.92. The van der Waals surface area contributed by atoms with Gasteiger partial charge in [-0.15, -0.1) is 0 Å². The third kappa shape index (κ3) is 3.75. The Hall–Kier alpha value is -0.570. The van der Waals surface area contributed by atoms with Crippen LogP contribution < -0.4 is 0 Å². The summed E-state index contributed by atoms with van der Waals surface area (Å²) in [5.74, 6) is 0.793. The van der Waals surface area contributed by atoms with Crippen LogP contribution in [0.15, 0.2) is 0 Å². The molecule has 0 aromatic rings. The van der Waals surface area contributed by atoms with Crippen molar-refractivity contribution in [3.63, 3.8) is 0 Å². The number of nitrogens with zero attached hydrogens (tertiary/aromatic N) is 1. The van der Waals surface area contributed by atoms with E-state index in [0.29, 0.717) is 18.1 Å². The van der Waals surface area contributed by atoms with Gasteiger partial charge in [0.25, 0.3) is 5.91 Å². The molecule has 2 rings (SSSR count). The van der Waals surface area contributed by atoms with Crippen LogP contribution in [-0.2, 0) is 9.53 Å². The fraction of sp³-hybridized carbons (Fsp3) is 0.941. The van der Waals surface area contributed by atoms with Crippen molar-refractivity contribution in [2.24, 2.45) is 5.92 Å². The van der Waals surface area contributed by atoms with Gasteiger partial charge in [-0.05, 0) is 44.4 Å². The van der Waals surface area contributed by atoms with Gasteiger partial charge in [0.2, 0.25) is 0 Å². The average molecular weight is 281 g/mol. The minimum Gasteiger partial charge on any atom is -0.365 e. The van der Waals surface area contributed by atoms with Gasteiger partial charge in [0.15, 0.2) is 0 Å². The predicted octanol–water partition coefficient (Wildman–Crippen LogP) is 3.76. The SMILES string of the molecule is CCC(OC1CCCC1)C(=O)N1CCCCC1C(C)C. The maximum Gasteiger partial charge on any atom is 0.251 e. The summed E-state index contributed by atoms with van der Waals surface area (Å²) in [5.41, 5.74) is 0. The van der Waals surface area contributed by atoms with Gasteiger partial charge in [0.1, 0.15) is 6.10 Å². The summed E-state index contributed by atoms with van der Waals surface area (Å²) in [7, 11) is 0. The van der Waals surface area contributed by atoms with E-state index >= 15 is 0 Å². The number of amides is 1. The van der Waals surface area contributed by atoms with Crippen LogP contribution in [0.1, 0.15) is 72.1 Å². The van der Waals surface area contributed by atoms with Crippen LogP contribution in [0.2, 0.25) is 0 Å². The van der Waals surface area contributed by atoms with E-state index in [1.165, 1.54) is 19.3 Å². The van der Waals surface area contributed by atoms with Crippen molar-refractivity contribution in [3.8, 4) is 0 Å². The number of hydrogen-bond acceptors (Lipinski definition) is 2. The first-order valence-electron chi connectivity index (χ1n) is 8.59. The Labute approximate surface area is 124 Å². The number of carbonyl (C=O) groups is 1. The Morgan fingerprint density at radius 3 is 2.40 bits per heavy atom. The molecule has 0 aromatic heterocycles. The number of piperidine rings is 1. The monoisotopic (exact) mass is 281 g/mol. The molecule has 0 radical (unpaired) electrons. The topological polar surface area (TPSA) is 29.5 Å². The molecule has 0 spiro atoms. The zero-order chi connectivity index (χ0) is 14.5. The molecule has 2 fully saturated rings. The Morgan fingerprint density at radius 2 is 1.80 bits per heavy atom. The fourth-order valence-electron chi connectivity index (χ4n) is 3.69. The lowest BCUT2D eigenvalue weighted by Crippen LogP contribution is -2.51. The number of ether oxygens (including phenoxy) is 1. The van der Waals surface area contributed by atoms with Crippen molar-refractivity contribution in [2.75, 3.05) is 6.54 Å². The Balaban J connectivity index is 1.98. The first-order valence-corrected chi connectivity index (χ1v) is 8.59. The zero-order valence-corrected chi connectivity index (χ0v) is 13.4. The van der Waals surface area contributed by atoms with Crippen molar-refractivity contribution in [1.29, 1.82) is 0 Å². The molecule has 1 amide bonds. The molecule has 1 aliphatic carbocycles. The second-order valence-corrected chi connectivity index (χ2v) is 6.78. The molecule has 2 aliphatic rings. The average Bonchev–Trinajstić information content (AvgIpc) is 2.97. The second-order valence-electron chi connectivity index (χ2n) is 6.78. The van der Waals surface area contributed by atoms with E-state index in [0.717, 1.165) is 38.6 Å². The Bertz CT molecular complexity index is 310. The molecule has 1 heterocycles. The number of carbonyl (C=O) groups excluding carboxylic acids is 1. The highest BCUT2D eigenvalue weighted by molar-refractivity contribution is 5.81. The molecular weight excluding hydrogens is 250 g/mol. The van der Waals surface area contributed by atoms with Gasteiger partial charge in [-0.2, -0.15) is 0 Å². The molecule has 3 nitrogen and oxygen atoms in total. The largest absolute Gasteiger partial charge is 0.365 e. The normalized spacial score (nSPS) is 26.2. The van der Waals surface area contributed by atoms with E-state index < -0.39 is 0 Å². The Morgan fingerprint density at radius 1 is 1.15 bits per heavy atom. The molecule has 116 valence electrons. The summed E-state index contributed by atoms with van der Waals surface area (Å²) >= 11 is 0. The van der Waals surface area contributed by atoms with Crippen LogP contribution in [0.4, 0.5) is 0 Å². The van der Waals surface area contributed by atoms with Gasteiger partial charge in [0, 0.05) is 12.6 Å². The van der Waals surface area contributed by atoms with Crippen LogP contribution in [0.3, 0.4) is 0 Å². The van der Waals surface area contributed by atoms with Crippen molar-refractivity contribution in [3.05, 3.63) is 0 Å². The summed E-state index contributed by atoms with van der Waals surface area (Å²) in [5, 5.41) is 0. The second kappa shape index (κ2) is 7.44. The third-order valence-corrected chi connectivity index (χ3v) is 4.91.